The number of carboxylic acid groups (broad SMARTS) is 1. The third kappa shape index (κ3) is 5.09. The molecule has 4 aromatic rings. The number of carbonyl (C=O) groups is 1. The number of nitrogens with one attached hydrogen (secondary N) is 1. The third-order valence-electron chi connectivity index (χ3n) is 5.36. The summed E-state index contributed by atoms with van der Waals surface area (Å²) in [6, 6.07) is 12.6. The average Bonchev–Trinajstić information content (AvgIpc) is 3.21. The summed E-state index contributed by atoms with van der Waals surface area (Å²) in [5, 5.41) is 11.7. The molecule has 0 radical (unpaired) electrons. The number of alkyl halides is 3. The number of aliphatic carboxylic acids is 1. The maximum Gasteiger partial charge on any atom is 0.417 e. The van der Waals surface area contributed by atoms with Gasteiger partial charge in [-0.2, -0.15) is 13.2 Å². The Morgan fingerprint density at radius 1 is 1.06 bits per heavy atom. The van der Waals surface area contributed by atoms with Crippen LogP contribution in [0.5, 0.6) is 0 Å². The van der Waals surface area contributed by atoms with Gasteiger partial charge in [-0.05, 0) is 65.6 Å². The number of fused-ring (bicyclic) bond motifs is 1. The summed E-state index contributed by atoms with van der Waals surface area (Å²) >= 11 is 0. The normalized spacial score (nSPS) is 11.8. The first-order chi connectivity index (χ1) is 16.1. The highest BCUT2D eigenvalue weighted by atomic mass is 19.4. The van der Waals surface area contributed by atoms with Crippen molar-refractivity contribution in [1.82, 2.24) is 10.3 Å². The highest BCUT2D eigenvalue weighted by Crippen LogP contribution is 2.40. The number of carboxylic acids is 1. The number of rotatable bonds is 7. The number of hydrogen-bond donors (Lipinski definition) is 2. The van der Waals surface area contributed by atoms with Gasteiger partial charge in [0, 0.05) is 18.7 Å². The molecule has 0 saturated heterocycles. The lowest BCUT2D eigenvalue weighted by Gasteiger charge is -2.15. The molecule has 34 heavy (non-hydrogen) atoms. The topological polar surface area (TPSA) is 75.4 Å². The molecule has 0 atom stereocenters. The van der Waals surface area contributed by atoms with Gasteiger partial charge in [0.15, 0.2) is 5.58 Å². The number of benzene rings is 3. The molecule has 0 saturated carbocycles. The van der Waals surface area contributed by atoms with Crippen molar-refractivity contribution in [3.63, 3.8) is 0 Å². The van der Waals surface area contributed by atoms with Crippen molar-refractivity contribution in [2.45, 2.75) is 26.1 Å². The van der Waals surface area contributed by atoms with Gasteiger partial charge in [-0.3, -0.25) is 4.79 Å². The molecule has 5 nitrogen and oxygen atoms in total. The van der Waals surface area contributed by atoms with Gasteiger partial charge in [0.25, 0.3) is 0 Å². The molecule has 4 rings (SSSR count). The third-order valence-corrected chi connectivity index (χ3v) is 5.36. The van der Waals surface area contributed by atoms with Gasteiger partial charge < -0.3 is 14.8 Å². The second-order valence-electron chi connectivity index (χ2n) is 7.86. The minimum absolute atomic E-state index is 0.0125. The van der Waals surface area contributed by atoms with E-state index in [-0.39, 0.29) is 29.0 Å². The van der Waals surface area contributed by atoms with Crippen LogP contribution in [0.3, 0.4) is 0 Å². The molecule has 0 aliphatic rings. The van der Waals surface area contributed by atoms with Crippen molar-refractivity contribution in [3.05, 3.63) is 77.1 Å². The molecule has 0 fully saturated rings. The van der Waals surface area contributed by atoms with E-state index in [1.807, 2.05) is 0 Å². The lowest BCUT2D eigenvalue weighted by atomic mass is 9.94. The molecule has 0 spiro atoms. The maximum atomic E-state index is 13.9. The summed E-state index contributed by atoms with van der Waals surface area (Å²) in [6.07, 6.45) is -4.69. The van der Waals surface area contributed by atoms with Gasteiger partial charge in [0.2, 0.25) is 5.89 Å². The molecule has 0 unspecified atom stereocenters. The highest BCUT2D eigenvalue weighted by molar-refractivity contribution is 5.79. The standard InChI is InChI=1S/C25H20F4N2O3/c1-14-2-5-17(26)12-19(14)18-6-4-16(11-20(18)25(27,28)29)24-31-21-7-3-15(10-22(21)34-24)13-30-9-8-23(32)33/h2-7,10-12,30H,8-9,13H2,1H3,(H,32,33). The fourth-order valence-corrected chi connectivity index (χ4v) is 3.66. The van der Waals surface area contributed by atoms with Gasteiger partial charge in [0.05, 0.1) is 12.0 Å². The average molecular weight is 472 g/mol. The zero-order chi connectivity index (χ0) is 24.5. The van der Waals surface area contributed by atoms with Crippen LogP contribution >= 0.6 is 0 Å². The van der Waals surface area contributed by atoms with Crippen LogP contribution in [0.1, 0.15) is 23.1 Å². The Kier molecular flexibility index (Phi) is 6.39. The SMILES string of the molecule is Cc1ccc(F)cc1-c1ccc(-c2nc3ccc(CNCCC(=O)O)cc3o2)cc1C(F)(F)F. The number of aromatic nitrogens is 1. The molecule has 1 heterocycles. The predicted molar refractivity (Wildman–Crippen MR) is 119 cm³/mol. The second kappa shape index (κ2) is 9.26. The predicted octanol–water partition coefficient (Wildman–Crippen LogP) is 6.19. The molecule has 1 aromatic heterocycles. The van der Waals surface area contributed by atoms with E-state index in [0.29, 0.717) is 29.8 Å². The van der Waals surface area contributed by atoms with Crippen molar-refractivity contribution in [1.29, 1.82) is 0 Å². The van der Waals surface area contributed by atoms with Gasteiger partial charge in [-0.25, -0.2) is 9.37 Å². The number of aryl methyl sites for hydroxylation is 1. The Morgan fingerprint density at radius 3 is 2.59 bits per heavy atom. The molecular formula is C25H20F4N2O3. The van der Waals surface area contributed by atoms with Crippen LogP contribution in [-0.4, -0.2) is 22.6 Å². The number of nitrogens with zero attached hydrogens (tertiary/aromatic N) is 1. The van der Waals surface area contributed by atoms with Gasteiger partial charge in [0.1, 0.15) is 11.3 Å². The first-order valence-corrected chi connectivity index (χ1v) is 10.4. The highest BCUT2D eigenvalue weighted by Gasteiger charge is 2.35. The van der Waals surface area contributed by atoms with Crippen LogP contribution in [0.4, 0.5) is 17.6 Å². The minimum atomic E-state index is -4.68. The summed E-state index contributed by atoms with van der Waals surface area (Å²) in [7, 11) is 0. The molecule has 176 valence electrons. The fraction of sp³-hybridized carbons (Fsp3) is 0.200. The van der Waals surface area contributed by atoms with Crippen LogP contribution in [0, 0.1) is 12.7 Å². The maximum absolute atomic E-state index is 13.9. The Morgan fingerprint density at radius 2 is 1.85 bits per heavy atom. The summed E-state index contributed by atoms with van der Waals surface area (Å²) in [6.45, 7) is 2.32. The number of hydrogen-bond acceptors (Lipinski definition) is 4. The Hall–Kier alpha value is -3.72. The summed E-state index contributed by atoms with van der Waals surface area (Å²) in [4.78, 5) is 14.9. The van der Waals surface area contributed by atoms with Crippen LogP contribution in [0.2, 0.25) is 0 Å². The monoisotopic (exact) mass is 472 g/mol. The van der Waals surface area contributed by atoms with Gasteiger partial charge >= 0.3 is 12.1 Å². The first-order valence-electron chi connectivity index (χ1n) is 10.4. The summed E-state index contributed by atoms with van der Waals surface area (Å²) in [5.41, 5.74) is 1.47. The van der Waals surface area contributed by atoms with E-state index in [2.05, 4.69) is 10.3 Å². The van der Waals surface area contributed by atoms with Crippen LogP contribution in [-0.2, 0) is 17.5 Å². The minimum Gasteiger partial charge on any atom is -0.481 e. The van der Waals surface area contributed by atoms with E-state index in [4.69, 9.17) is 9.52 Å². The fourth-order valence-electron chi connectivity index (χ4n) is 3.66. The van der Waals surface area contributed by atoms with E-state index in [9.17, 15) is 22.4 Å². The number of halogens is 4. The van der Waals surface area contributed by atoms with Crippen LogP contribution in [0.25, 0.3) is 33.7 Å². The van der Waals surface area contributed by atoms with Gasteiger partial charge in [-0.1, -0.05) is 18.2 Å². The van der Waals surface area contributed by atoms with Crippen LogP contribution in [0.15, 0.2) is 59.0 Å². The summed E-state index contributed by atoms with van der Waals surface area (Å²) < 4.78 is 61.3. The molecule has 0 aliphatic carbocycles. The molecule has 3 aromatic carbocycles. The number of oxazole rings is 1. The quantitative estimate of drug-likeness (QED) is 0.248. The van der Waals surface area contributed by atoms with Crippen LogP contribution < -0.4 is 5.32 Å². The van der Waals surface area contributed by atoms with E-state index in [1.54, 1.807) is 25.1 Å². The van der Waals surface area contributed by atoms with E-state index in [0.717, 1.165) is 17.7 Å². The first kappa shape index (κ1) is 23.4. The van der Waals surface area contributed by atoms with Crippen molar-refractivity contribution in [3.8, 4) is 22.6 Å². The van der Waals surface area contributed by atoms with E-state index in [1.165, 1.54) is 24.3 Å². The molecule has 2 N–H and O–H groups in total. The van der Waals surface area contributed by atoms with Crippen molar-refractivity contribution in [2.75, 3.05) is 6.54 Å². The van der Waals surface area contributed by atoms with Crippen molar-refractivity contribution < 1.29 is 31.9 Å². The molecule has 9 heteroatoms. The smallest absolute Gasteiger partial charge is 0.417 e. The lowest BCUT2D eigenvalue weighted by Crippen LogP contribution is -2.17. The van der Waals surface area contributed by atoms with Crippen molar-refractivity contribution in [2.24, 2.45) is 0 Å². The van der Waals surface area contributed by atoms with E-state index >= 15 is 0 Å². The molecule has 0 aliphatic heterocycles. The molecular weight excluding hydrogens is 452 g/mol. The summed E-state index contributed by atoms with van der Waals surface area (Å²) in [5.74, 6) is -1.50. The Bertz CT molecular complexity index is 1360. The zero-order valence-corrected chi connectivity index (χ0v) is 18.0. The molecule has 0 bridgehead atoms. The Labute approximate surface area is 192 Å². The lowest BCUT2D eigenvalue weighted by molar-refractivity contribution is -0.137. The van der Waals surface area contributed by atoms with Crippen molar-refractivity contribution >= 4 is 17.1 Å². The zero-order valence-electron chi connectivity index (χ0n) is 18.0. The van der Waals surface area contributed by atoms with E-state index < -0.39 is 23.5 Å². The van der Waals surface area contributed by atoms with Gasteiger partial charge in [-0.15, -0.1) is 0 Å². The molecule has 0 amide bonds. The Balaban J connectivity index is 1.68. The second-order valence-corrected chi connectivity index (χ2v) is 7.86. The largest absolute Gasteiger partial charge is 0.481 e.